The van der Waals surface area contributed by atoms with E-state index >= 15 is 0 Å². The first-order valence-corrected chi connectivity index (χ1v) is 3.75. The fraction of sp³-hybridized carbons (Fsp3) is 0.333. The lowest BCUT2D eigenvalue weighted by Gasteiger charge is -1.97. The first-order valence-electron chi connectivity index (χ1n) is 2.92. The average Bonchev–Trinajstić information content (AvgIpc) is 2.36. The molecule has 1 atom stereocenters. The Bertz CT molecular complexity index is 218. The van der Waals surface area contributed by atoms with Gasteiger partial charge in [-0.25, -0.2) is 0 Å². The molecule has 0 bridgehead atoms. The number of carbonyl (C=O) groups excluding carboxylic acids is 1. The van der Waals surface area contributed by atoms with Crippen LogP contribution in [0.2, 0.25) is 0 Å². The van der Waals surface area contributed by atoms with Gasteiger partial charge in [0.15, 0.2) is 5.78 Å². The molecule has 0 saturated heterocycles. The molecule has 1 rings (SSSR count). The highest BCUT2D eigenvalue weighted by atomic mass is 32.1. The van der Waals surface area contributed by atoms with Crippen LogP contribution in [0.4, 0.5) is 0 Å². The van der Waals surface area contributed by atoms with Crippen molar-refractivity contribution in [1.29, 1.82) is 0 Å². The van der Waals surface area contributed by atoms with Crippen LogP contribution in [0.5, 0.6) is 0 Å². The fourth-order valence-electron chi connectivity index (χ4n) is 0.573. The number of carbonyl (C=O) groups is 1. The van der Waals surface area contributed by atoms with E-state index in [9.17, 15) is 4.79 Å². The van der Waals surface area contributed by atoms with Crippen molar-refractivity contribution in [2.24, 2.45) is 5.73 Å². The van der Waals surface area contributed by atoms with Gasteiger partial charge in [0.2, 0.25) is 0 Å². The lowest BCUT2D eigenvalue weighted by molar-refractivity contribution is 0.0964. The van der Waals surface area contributed by atoms with Crippen LogP contribution in [-0.4, -0.2) is 16.2 Å². The molecule has 2 N–H and O–H groups in total. The van der Waals surface area contributed by atoms with Gasteiger partial charge >= 0.3 is 0 Å². The Balaban J connectivity index is 2.78. The molecule has 54 valence electrons. The van der Waals surface area contributed by atoms with Gasteiger partial charge in [-0.05, 0) is 24.5 Å². The maximum absolute atomic E-state index is 11.0. The van der Waals surface area contributed by atoms with Crippen molar-refractivity contribution in [1.82, 2.24) is 4.37 Å². The third-order valence-corrected chi connectivity index (χ3v) is 1.66. The van der Waals surface area contributed by atoms with Crippen molar-refractivity contribution in [2.75, 3.05) is 0 Å². The summed E-state index contributed by atoms with van der Waals surface area (Å²) in [7, 11) is 0. The highest BCUT2D eigenvalue weighted by molar-refractivity contribution is 7.03. The summed E-state index contributed by atoms with van der Waals surface area (Å²) in [5.74, 6) is -0.0961. The second-order valence-electron chi connectivity index (χ2n) is 2.04. The van der Waals surface area contributed by atoms with E-state index in [0.29, 0.717) is 5.69 Å². The molecule has 0 saturated carbocycles. The van der Waals surface area contributed by atoms with Crippen LogP contribution in [0.15, 0.2) is 11.4 Å². The van der Waals surface area contributed by atoms with Crippen molar-refractivity contribution >= 4 is 17.3 Å². The van der Waals surface area contributed by atoms with Crippen molar-refractivity contribution in [3.8, 4) is 0 Å². The van der Waals surface area contributed by atoms with Gasteiger partial charge in [0.1, 0.15) is 5.69 Å². The number of nitrogens with two attached hydrogens (primary N) is 1. The normalized spacial score (nSPS) is 13.0. The predicted octanol–water partition coefficient (Wildman–Crippen LogP) is 0.673. The van der Waals surface area contributed by atoms with Crippen LogP contribution in [0.25, 0.3) is 0 Å². The van der Waals surface area contributed by atoms with E-state index in [0.717, 1.165) is 0 Å². The van der Waals surface area contributed by atoms with Crippen LogP contribution in [0.1, 0.15) is 17.4 Å². The Kier molecular flexibility index (Phi) is 2.13. The molecular formula is C6H8N2OS. The third kappa shape index (κ3) is 1.40. The van der Waals surface area contributed by atoms with Gasteiger partial charge in [-0.1, -0.05) is 0 Å². The standard InChI is InChI=1S/C6H8N2OS/c1-4(7)6(9)5-2-3-10-8-5/h2-4H,7H2,1H3/t4-/m1/s1. The molecular weight excluding hydrogens is 148 g/mol. The second kappa shape index (κ2) is 2.90. The predicted molar refractivity (Wildman–Crippen MR) is 40.1 cm³/mol. The van der Waals surface area contributed by atoms with Gasteiger partial charge in [-0.15, -0.1) is 0 Å². The van der Waals surface area contributed by atoms with E-state index in [1.54, 1.807) is 18.4 Å². The molecule has 0 unspecified atom stereocenters. The zero-order valence-corrected chi connectivity index (χ0v) is 6.39. The number of rotatable bonds is 2. The second-order valence-corrected chi connectivity index (χ2v) is 2.70. The van der Waals surface area contributed by atoms with E-state index in [-0.39, 0.29) is 5.78 Å². The average molecular weight is 156 g/mol. The van der Waals surface area contributed by atoms with Crippen molar-refractivity contribution in [2.45, 2.75) is 13.0 Å². The number of aromatic nitrogens is 1. The topological polar surface area (TPSA) is 56.0 Å². The smallest absolute Gasteiger partial charge is 0.198 e. The zero-order valence-electron chi connectivity index (χ0n) is 5.57. The molecule has 1 heterocycles. The zero-order chi connectivity index (χ0) is 7.56. The molecule has 1 aromatic heterocycles. The first kappa shape index (κ1) is 7.37. The van der Waals surface area contributed by atoms with E-state index in [4.69, 9.17) is 5.73 Å². The van der Waals surface area contributed by atoms with Crippen LogP contribution in [0.3, 0.4) is 0 Å². The molecule has 0 aliphatic heterocycles. The van der Waals surface area contributed by atoms with Crippen LogP contribution in [-0.2, 0) is 0 Å². The summed E-state index contributed by atoms with van der Waals surface area (Å²) in [6, 6.07) is 1.23. The van der Waals surface area contributed by atoms with Crippen LogP contribution < -0.4 is 5.73 Å². The summed E-state index contributed by atoms with van der Waals surface area (Å²) in [6.45, 7) is 1.65. The molecule has 1 aromatic rings. The molecule has 0 spiro atoms. The van der Waals surface area contributed by atoms with Gasteiger partial charge in [-0.2, -0.15) is 4.37 Å². The Morgan fingerprint density at radius 2 is 2.60 bits per heavy atom. The lowest BCUT2D eigenvalue weighted by Crippen LogP contribution is -2.26. The molecule has 10 heavy (non-hydrogen) atoms. The molecule has 0 fully saturated rings. The van der Waals surface area contributed by atoms with Crippen molar-refractivity contribution in [3.05, 3.63) is 17.1 Å². The lowest BCUT2D eigenvalue weighted by atomic mass is 10.2. The summed E-state index contributed by atoms with van der Waals surface area (Å²) >= 11 is 1.26. The number of Topliss-reactive ketones (excluding diaryl/α,β-unsaturated/α-hetero) is 1. The molecule has 0 amide bonds. The van der Waals surface area contributed by atoms with Crippen molar-refractivity contribution < 1.29 is 4.79 Å². The Morgan fingerprint density at radius 1 is 1.90 bits per heavy atom. The van der Waals surface area contributed by atoms with E-state index in [2.05, 4.69) is 4.37 Å². The number of ketones is 1. The molecule has 0 aromatic carbocycles. The molecule has 3 nitrogen and oxygen atoms in total. The number of hydrogen-bond acceptors (Lipinski definition) is 4. The van der Waals surface area contributed by atoms with Gasteiger partial charge < -0.3 is 5.73 Å². The third-order valence-electron chi connectivity index (χ3n) is 1.10. The summed E-state index contributed by atoms with van der Waals surface area (Å²) in [4.78, 5) is 11.0. The van der Waals surface area contributed by atoms with Gasteiger partial charge in [0.05, 0.1) is 6.04 Å². The van der Waals surface area contributed by atoms with Gasteiger partial charge in [-0.3, -0.25) is 4.79 Å². The highest BCUT2D eigenvalue weighted by Gasteiger charge is 2.11. The van der Waals surface area contributed by atoms with Crippen LogP contribution in [0, 0.1) is 0 Å². The quantitative estimate of drug-likeness (QED) is 0.640. The van der Waals surface area contributed by atoms with Gasteiger partial charge in [0.25, 0.3) is 0 Å². The largest absolute Gasteiger partial charge is 0.321 e. The molecule has 0 radical (unpaired) electrons. The van der Waals surface area contributed by atoms with E-state index in [1.807, 2.05) is 0 Å². The maximum Gasteiger partial charge on any atom is 0.198 e. The SMILES string of the molecule is C[C@@H](N)C(=O)c1ccsn1. The summed E-state index contributed by atoms with van der Waals surface area (Å²) in [5.41, 5.74) is 5.81. The first-order chi connectivity index (χ1) is 4.72. The number of nitrogens with zero attached hydrogens (tertiary/aromatic N) is 1. The monoisotopic (exact) mass is 156 g/mol. The van der Waals surface area contributed by atoms with Crippen LogP contribution >= 0.6 is 11.5 Å². The maximum atomic E-state index is 11.0. The summed E-state index contributed by atoms with van der Waals surface area (Å²) < 4.78 is 3.85. The van der Waals surface area contributed by atoms with Gasteiger partial charge in [0, 0.05) is 5.38 Å². The van der Waals surface area contributed by atoms with Crippen molar-refractivity contribution in [3.63, 3.8) is 0 Å². The summed E-state index contributed by atoms with van der Waals surface area (Å²) in [6.07, 6.45) is 0. The minimum absolute atomic E-state index is 0.0961. The van der Waals surface area contributed by atoms with E-state index in [1.165, 1.54) is 11.5 Å². The Hall–Kier alpha value is -0.740. The Morgan fingerprint density at radius 3 is 3.00 bits per heavy atom. The molecule has 0 aliphatic carbocycles. The summed E-state index contributed by atoms with van der Waals surface area (Å²) in [5, 5.41) is 1.76. The minimum atomic E-state index is -0.443. The van der Waals surface area contributed by atoms with E-state index < -0.39 is 6.04 Å². The molecule has 4 heteroatoms. The minimum Gasteiger partial charge on any atom is -0.321 e. The Labute approximate surface area is 63.0 Å². The molecule has 0 aliphatic rings. The fourth-order valence-corrected chi connectivity index (χ4v) is 1.09. The highest BCUT2D eigenvalue weighted by Crippen LogP contribution is 2.01. The number of hydrogen-bond donors (Lipinski definition) is 1.